The fourth-order valence-electron chi connectivity index (χ4n) is 1.81. The first-order valence-corrected chi connectivity index (χ1v) is 9.04. The van der Waals surface area contributed by atoms with E-state index in [-0.39, 0.29) is 17.4 Å². The summed E-state index contributed by atoms with van der Waals surface area (Å²) in [6.07, 6.45) is 4.32. The lowest BCUT2D eigenvalue weighted by Crippen LogP contribution is -2.10. The van der Waals surface area contributed by atoms with Crippen LogP contribution in [-0.2, 0) is 10.1 Å². The third kappa shape index (κ3) is 7.60. The molecule has 2 aromatic rings. The van der Waals surface area contributed by atoms with Gasteiger partial charge in [0.2, 0.25) is 0 Å². The van der Waals surface area contributed by atoms with Crippen molar-refractivity contribution in [3.8, 4) is 5.75 Å². The van der Waals surface area contributed by atoms with Gasteiger partial charge in [-0.1, -0.05) is 48.6 Å². The molecule has 0 radical (unpaired) electrons. The van der Waals surface area contributed by atoms with Gasteiger partial charge in [0.15, 0.2) is 0 Å². The van der Waals surface area contributed by atoms with Gasteiger partial charge in [-0.25, -0.2) is 0 Å². The first-order chi connectivity index (χ1) is 12.0. The lowest BCUT2D eigenvalue weighted by Gasteiger charge is -2.03. The molecule has 8 nitrogen and oxygen atoms in total. The molecular formula is C17H20N4O4S. The summed E-state index contributed by atoms with van der Waals surface area (Å²) < 4.78 is 25.9. The second kappa shape index (κ2) is 8.79. The van der Waals surface area contributed by atoms with Crippen LogP contribution in [0.4, 0.5) is 0 Å². The normalized spacial score (nSPS) is 10.8. The molecule has 26 heavy (non-hydrogen) atoms. The third-order valence-electron chi connectivity index (χ3n) is 3.02. The summed E-state index contributed by atoms with van der Waals surface area (Å²) in [6, 6.07) is 12.1. The molecule has 0 fully saturated rings. The van der Waals surface area contributed by atoms with Gasteiger partial charge in [-0.2, -0.15) is 8.42 Å². The van der Waals surface area contributed by atoms with Crippen molar-refractivity contribution in [2.75, 3.05) is 6.26 Å². The van der Waals surface area contributed by atoms with Crippen molar-refractivity contribution in [2.24, 2.45) is 11.5 Å². The fourth-order valence-corrected chi connectivity index (χ4v) is 1.81. The highest BCUT2D eigenvalue weighted by molar-refractivity contribution is 7.85. The minimum absolute atomic E-state index is 0.0306. The van der Waals surface area contributed by atoms with E-state index in [0.717, 1.165) is 5.56 Å². The summed E-state index contributed by atoms with van der Waals surface area (Å²) in [5.41, 5.74) is 13.5. The maximum Gasteiger partial charge on any atom is 0.261 e. The highest BCUT2D eigenvalue weighted by Crippen LogP contribution is 2.21. The molecule has 0 aliphatic carbocycles. The number of nitrogen functional groups attached to an aromatic ring is 2. The Morgan fingerprint density at radius 3 is 1.85 bits per heavy atom. The molecule has 8 N–H and O–H groups in total. The number of phenolic OH excluding ortho intramolecular Hbond substituents is 1. The molecule has 0 aliphatic heterocycles. The van der Waals surface area contributed by atoms with Gasteiger partial charge in [-0.15, -0.1) is 0 Å². The van der Waals surface area contributed by atoms with E-state index < -0.39 is 10.1 Å². The second-order valence-electron chi connectivity index (χ2n) is 5.29. The van der Waals surface area contributed by atoms with E-state index in [2.05, 4.69) is 0 Å². The largest absolute Gasteiger partial charge is 0.507 e. The predicted octanol–water partition coefficient (Wildman–Crippen LogP) is 1.63. The zero-order valence-corrected chi connectivity index (χ0v) is 14.8. The Balaban J connectivity index is 0.000000597. The maximum absolute atomic E-state index is 9.89. The Kier molecular flexibility index (Phi) is 7.06. The van der Waals surface area contributed by atoms with Crippen molar-refractivity contribution in [1.29, 1.82) is 10.8 Å². The summed E-state index contributed by atoms with van der Waals surface area (Å²) in [7, 11) is -3.67. The van der Waals surface area contributed by atoms with Crippen molar-refractivity contribution in [3.63, 3.8) is 0 Å². The van der Waals surface area contributed by atoms with Crippen molar-refractivity contribution in [2.45, 2.75) is 0 Å². The highest BCUT2D eigenvalue weighted by Gasteiger charge is 2.02. The van der Waals surface area contributed by atoms with E-state index in [1.165, 1.54) is 6.07 Å². The number of phenols is 1. The quantitative estimate of drug-likeness (QED) is 0.205. The Labute approximate surface area is 151 Å². The standard InChI is InChI=1S/C16H16N4O.CH4O3S/c17-15(18)12-5-2-10(3-6-12)1-4-11-7-8-13(16(19)20)9-14(11)21;1-5(2,3)4/h1-9,21H,(H3,17,18)(H3,19,20);1H3,(H,2,3,4)/b4-1+;. The number of hydrogen-bond donors (Lipinski definition) is 6. The van der Waals surface area contributed by atoms with Crippen molar-refractivity contribution in [3.05, 3.63) is 64.7 Å². The topological polar surface area (TPSA) is 174 Å². The molecule has 2 aromatic carbocycles. The molecule has 0 aliphatic rings. The Hall–Kier alpha value is -3.17. The van der Waals surface area contributed by atoms with Gasteiger partial charge >= 0.3 is 0 Å². The van der Waals surface area contributed by atoms with Crippen LogP contribution in [0.1, 0.15) is 22.3 Å². The number of aromatic hydroxyl groups is 1. The van der Waals surface area contributed by atoms with Crippen LogP contribution in [0.15, 0.2) is 42.5 Å². The molecule has 0 atom stereocenters. The van der Waals surface area contributed by atoms with Crippen LogP contribution >= 0.6 is 0 Å². The molecule has 0 saturated heterocycles. The van der Waals surface area contributed by atoms with Crippen molar-refractivity contribution in [1.82, 2.24) is 0 Å². The second-order valence-corrected chi connectivity index (χ2v) is 6.76. The highest BCUT2D eigenvalue weighted by atomic mass is 32.2. The van der Waals surface area contributed by atoms with Crippen molar-refractivity contribution >= 4 is 33.9 Å². The molecule has 0 spiro atoms. The van der Waals surface area contributed by atoms with E-state index in [1.807, 2.05) is 18.2 Å². The first kappa shape index (κ1) is 20.9. The maximum atomic E-state index is 9.89. The third-order valence-corrected chi connectivity index (χ3v) is 3.02. The molecular weight excluding hydrogens is 356 g/mol. The van der Waals surface area contributed by atoms with E-state index in [4.69, 9.17) is 26.8 Å². The molecule has 0 unspecified atom stereocenters. The van der Waals surface area contributed by atoms with Gasteiger partial charge in [-0.3, -0.25) is 15.4 Å². The zero-order chi connectivity index (χ0) is 19.9. The molecule has 9 heteroatoms. The Bertz CT molecular complexity index is 928. The Morgan fingerprint density at radius 1 is 0.962 bits per heavy atom. The first-order valence-electron chi connectivity index (χ1n) is 7.20. The smallest absolute Gasteiger partial charge is 0.261 e. The molecule has 0 saturated carbocycles. The fraction of sp³-hybridized carbons (Fsp3) is 0.0588. The number of nitrogens with one attached hydrogen (secondary N) is 2. The number of benzene rings is 2. The number of nitrogens with two attached hydrogens (primary N) is 2. The zero-order valence-electron chi connectivity index (χ0n) is 14.0. The Morgan fingerprint density at radius 2 is 1.42 bits per heavy atom. The molecule has 0 amide bonds. The van der Waals surface area contributed by atoms with Gasteiger partial charge in [0, 0.05) is 16.7 Å². The molecule has 2 rings (SSSR count). The SMILES string of the molecule is CS(=O)(=O)O.N=C(N)c1ccc(/C=C/c2ccc(C(=N)N)cc2O)cc1. The summed E-state index contributed by atoms with van der Waals surface area (Å²) >= 11 is 0. The average Bonchev–Trinajstić information content (AvgIpc) is 2.52. The lowest BCUT2D eigenvalue weighted by molar-refractivity contribution is 0.474. The van der Waals surface area contributed by atoms with Gasteiger partial charge < -0.3 is 16.6 Å². The van der Waals surface area contributed by atoms with Gasteiger partial charge in [0.05, 0.1) is 6.26 Å². The van der Waals surface area contributed by atoms with Gasteiger partial charge in [0.1, 0.15) is 17.4 Å². The van der Waals surface area contributed by atoms with Crippen LogP contribution in [0.3, 0.4) is 0 Å². The summed E-state index contributed by atoms with van der Waals surface area (Å²) in [6.45, 7) is 0. The van der Waals surface area contributed by atoms with E-state index in [9.17, 15) is 13.5 Å². The van der Waals surface area contributed by atoms with Crippen molar-refractivity contribution < 1.29 is 18.1 Å². The molecule has 138 valence electrons. The number of amidine groups is 2. The number of rotatable bonds is 4. The molecule has 0 bridgehead atoms. The van der Waals surface area contributed by atoms with E-state index in [0.29, 0.717) is 22.9 Å². The van der Waals surface area contributed by atoms with Crippen LogP contribution in [0, 0.1) is 10.8 Å². The summed E-state index contributed by atoms with van der Waals surface area (Å²) in [5, 5.41) is 24.5. The summed E-state index contributed by atoms with van der Waals surface area (Å²) in [5.74, 6) is 0.0166. The summed E-state index contributed by atoms with van der Waals surface area (Å²) in [4.78, 5) is 0. The van der Waals surface area contributed by atoms with Crippen LogP contribution in [0.5, 0.6) is 5.75 Å². The number of hydrogen-bond acceptors (Lipinski definition) is 5. The van der Waals surface area contributed by atoms with Crippen LogP contribution in [0.2, 0.25) is 0 Å². The van der Waals surface area contributed by atoms with Crippen LogP contribution in [-0.4, -0.2) is 36.0 Å². The molecule has 0 aromatic heterocycles. The van der Waals surface area contributed by atoms with Crippen LogP contribution in [0.25, 0.3) is 12.2 Å². The predicted molar refractivity (Wildman–Crippen MR) is 103 cm³/mol. The van der Waals surface area contributed by atoms with E-state index in [1.54, 1.807) is 30.3 Å². The monoisotopic (exact) mass is 376 g/mol. The average molecular weight is 376 g/mol. The lowest BCUT2D eigenvalue weighted by atomic mass is 10.1. The van der Waals surface area contributed by atoms with Gasteiger partial charge in [-0.05, 0) is 11.6 Å². The minimum Gasteiger partial charge on any atom is -0.507 e. The minimum atomic E-state index is -3.67. The van der Waals surface area contributed by atoms with E-state index >= 15 is 0 Å². The van der Waals surface area contributed by atoms with Crippen LogP contribution < -0.4 is 11.5 Å². The molecule has 0 heterocycles. The van der Waals surface area contributed by atoms with Gasteiger partial charge in [0.25, 0.3) is 10.1 Å².